The van der Waals surface area contributed by atoms with E-state index in [9.17, 15) is 31.1 Å². The monoisotopic (exact) mass is 493 g/mol. The summed E-state index contributed by atoms with van der Waals surface area (Å²) < 4.78 is 80.0. The van der Waals surface area contributed by atoms with Crippen LogP contribution in [0.2, 0.25) is 0 Å². The van der Waals surface area contributed by atoms with Crippen LogP contribution in [0.3, 0.4) is 0 Å². The molecule has 6 nitrogen and oxygen atoms in total. The Balaban J connectivity index is 1.82. The van der Waals surface area contributed by atoms with Crippen LogP contribution in [0.25, 0.3) is 0 Å². The molecule has 0 aliphatic heterocycles. The van der Waals surface area contributed by atoms with E-state index in [0.717, 1.165) is 11.3 Å². The highest BCUT2D eigenvalue weighted by molar-refractivity contribution is 7.71. The van der Waals surface area contributed by atoms with Crippen molar-refractivity contribution in [2.75, 3.05) is 5.32 Å². The Hall–Kier alpha value is -3.00. The maximum Gasteiger partial charge on any atom is 0.416 e. The molecule has 2 heterocycles. The highest BCUT2D eigenvalue weighted by Gasteiger charge is 2.37. The first-order valence-electron chi connectivity index (χ1n) is 8.68. The summed E-state index contributed by atoms with van der Waals surface area (Å²) in [6.45, 7) is 4.02. The van der Waals surface area contributed by atoms with Crippen LogP contribution >= 0.6 is 23.6 Å². The molecule has 0 atom stereocenters. The van der Waals surface area contributed by atoms with Gasteiger partial charge in [0.2, 0.25) is 0 Å². The number of anilines is 1. The van der Waals surface area contributed by atoms with Gasteiger partial charge in [0, 0.05) is 17.5 Å². The molecule has 2 N–H and O–H groups in total. The van der Waals surface area contributed by atoms with Crippen LogP contribution in [-0.2, 0) is 25.3 Å². The molecule has 0 aliphatic rings. The molecular weight excluding hydrogens is 480 g/mol. The zero-order chi connectivity index (χ0) is 23.7. The van der Waals surface area contributed by atoms with E-state index in [1.807, 2.05) is 0 Å². The lowest BCUT2D eigenvalue weighted by atomic mass is 10.0. The van der Waals surface area contributed by atoms with E-state index in [4.69, 9.17) is 12.2 Å². The summed E-state index contributed by atoms with van der Waals surface area (Å²) in [5.41, 5.74) is -3.50. The van der Waals surface area contributed by atoms with E-state index in [1.165, 1.54) is 0 Å². The molecule has 0 saturated heterocycles. The molecule has 0 spiro atoms. The van der Waals surface area contributed by atoms with Crippen LogP contribution in [0.15, 0.2) is 36.2 Å². The number of benzene rings is 1. The van der Waals surface area contributed by atoms with Gasteiger partial charge in [0.1, 0.15) is 5.82 Å². The second-order valence-electron chi connectivity index (χ2n) is 6.41. The zero-order valence-corrected chi connectivity index (χ0v) is 17.5. The molecular formula is C18H13F6N5OS2. The van der Waals surface area contributed by atoms with Crippen molar-refractivity contribution in [2.45, 2.75) is 25.3 Å². The van der Waals surface area contributed by atoms with Crippen molar-refractivity contribution in [3.8, 4) is 0 Å². The topological polar surface area (TPSA) is 75.6 Å². The van der Waals surface area contributed by atoms with Crippen molar-refractivity contribution in [1.29, 1.82) is 0 Å². The zero-order valence-electron chi connectivity index (χ0n) is 15.8. The maximum atomic E-state index is 13.0. The lowest BCUT2D eigenvalue weighted by Gasteiger charge is -2.13. The number of nitrogens with one attached hydrogen (secondary N) is 2. The summed E-state index contributed by atoms with van der Waals surface area (Å²) in [6, 6.07) is 0.659. The number of thiazole rings is 1. The second kappa shape index (κ2) is 8.86. The second-order valence-corrected chi connectivity index (χ2v) is 7.66. The van der Waals surface area contributed by atoms with Gasteiger partial charge in [-0.15, -0.1) is 17.9 Å². The van der Waals surface area contributed by atoms with Gasteiger partial charge >= 0.3 is 12.4 Å². The van der Waals surface area contributed by atoms with Gasteiger partial charge in [-0.2, -0.15) is 31.4 Å². The van der Waals surface area contributed by atoms with Crippen LogP contribution in [0.1, 0.15) is 33.0 Å². The third-order valence-electron chi connectivity index (χ3n) is 4.11. The summed E-state index contributed by atoms with van der Waals surface area (Å²) in [6.07, 6.45) is -8.28. The summed E-state index contributed by atoms with van der Waals surface area (Å²) in [7, 11) is 0. The highest BCUT2D eigenvalue weighted by atomic mass is 32.1. The van der Waals surface area contributed by atoms with Crippen molar-refractivity contribution in [3.05, 3.63) is 69.2 Å². The lowest BCUT2D eigenvalue weighted by Crippen LogP contribution is -2.17. The fourth-order valence-corrected chi connectivity index (χ4v) is 3.60. The molecule has 0 saturated carbocycles. The first kappa shape index (κ1) is 23.7. The van der Waals surface area contributed by atoms with Gasteiger partial charge in [-0.3, -0.25) is 19.8 Å². The van der Waals surface area contributed by atoms with Crippen LogP contribution in [-0.4, -0.2) is 25.7 Å². The van der Waals surface area contributed by atoms with Crippen molar-refractivity contribution in [2.24, 2.45) is 0 Å². The Bertz CT molecular complexity index is 1180. The van der Waals surface area contributed by atoms with Crippen LogP contribution in [0.4, 0.5) is 31.5 Å². The smallest absolute Gasteiger partial charge is 0.300 e. The third kappa shape index (κ3) is 5.43. The molecule has 0 unspecified atom stereocenters. The summed E-state index contributed by atoms with van der Waals surface area (Å²) in [4.78, 5) is 16.5. The van der Waals surface area contributed by atoms with Crippen LogP contribution < -0.4 is 5.32 Å². The van der Waals surface area contributed by atoms with E-state index in [0.29, 0.717) is 35.0 Å². The maximum absolute atomic E-state index is 13.0. The predicted octanol–water partition coefficient (Wildman–Crippen LogP) is 5.46. The minimum Gasteiger partial charge on any atom is -0.300 e. The number of aromatic amines is 1. The predicted molar refractivity (Wildman–Crippen MR) is 107 cm³/mol. The largest absolute Gasteiger partial charge is 0.416 e. The van der Waals surface area contributed by atoms with Gasteiger partial charge in [0.05, 0.1) is 23.2 Å². The fraction of sp³-hybridized carbons (Fsp3) is 0.222. The van der Waals surface area contributed by atoms with Crippen LogP contribution in [0, 0.1) is 4.77 Å². The molecule has 0 fully saturated rings. The van der Waals surface area contributed by atoms with E-state index < -0.39 is 35.0 Å². The number of halogens is 6. The SMILES string of the molecule is C=CCn1c(Cc2csc(NC(=O)c3cc(C(F)(F)F)cc(C(F)(F)F)c3)n2)n[nH]c1=S. The van der Waals surface area contributed by atoms with Crippen molar-refractivity contribution in [3.63, 3.8) is 0 Å². The average Bonchev–Trinajstić information content (AvgIpc) is 3.28. The van der Waals surface area contributed by atoms with E-state index >= 15 is 0 Å². The Kier molecular flexibility index (Phi) is 6.55. The number of rotatable bonds is 6. The Labute approximate surface area is 185 Å². The summed E-state index contributed by atoms with van der Waals surface area (Å²) in [5, 5.41) is 10.5. The molecule has 1 aromatic carbocycles. The minimum atomic E-state index is -5.06. The Morgan fingerprint density at radius 3 is 2.38 bits per heavy atom. The number of aromatic nitrogens is 4. The normalized spacial score (nSPS) is 12.1. The number of allylic oxidation sites excluding steroid dienone is 1. The van der Waals surface area contributed by atoms with Gasteiger partial charge in [-0.05, 0) is 30.4 Å². The van der Waals surface area contributed by atoms with E-state index in [2.05, 4.69) is 27.1 Å². The standard InChI is InChI=1S/C18H13F6N5OS2/c1-2-3-29-13(27-28-16(29)31)7-12-8-32-15(25-12)26-14(30)9-4-10(17(19,20)21)6-11(5-9)18(22,23)24/h2,4-6,8H,1,3,7H2,(H,28,31)(H,25,26,30). The number of amides is 1. The number of H-pyrrole nitrogens is 1. The first-order valence-corrected chi connectivity index (χ1v) is 9.97. The quantitative estimate of drug-likeness (QED) is 0.272. The molecule has 0 aliphatic carbocycles. The van der Waals surface area contributed by atoms with E-state index in [-0.39, 0.29) is 17.6 Å². The van der Waals surface area contributed by atoms with Crippen LogP contribution in [0.5, 0.6) is 0 Å². The summed E-state index contributed by atoms with van der Waals surface area (Å²) >= 11 is 6.06. The van der Waals surface area contributed by atoms with Gasteiger partial charge in [-0.25, -0.2) is 4.98 Å². The fourth-order valence-electron chi connectivity index (χ4n) is 2.67. The molecule has 3 aromatic rings. The lowest BCUT2D eigenvalue weighted by molar-refractivity contribution is -0.143. The molecule has 170 valence electrons. The number of hydrogen-bond acceptors (Lipinski definition) is 5. The Morgan fingerprint density at radius 2 is 1.81 bits per heavy atom. The van der Waals surface area contributed by atoms with Crippen molar-refractivity contribution >= 4 is 34.6 Å². The van der Waals surface area contributed by atoms with E-state index in [1.54, 1.807) is 16.0 Å². The molecule has 2 aromatic heterocycles. The molecule has 14 heteroatoms. The average molecular weight is 493 g/mol. The number of nitrogens with zero attached hydrogens (tertiary/aromatic N) is 3. The van der Waals surface area contributed by atoms with Crippen molar-refractivity contribution < 1.29 is 31.1 Å². The molecule has 0 bridgehead atoms. The third-order valence-corrected chi connectivity index (χ3v) is 5.23. The number of carbonyl (C=O) groups excluding carboxylic acids is 1. The van der Waals surface area contributed by atoms with Crippen molar-refractivity contribution in [1.82, 2.24) is 19.7 Å². The minimum absolute atomic E-state index is 0.000346. The van der Waals surface area contributed by atoms with Gasteiger partial charge in [0.25, 0.3) is 5.91 Å². The highest BCUT2D eigenvalue weighted by Crippen LogP contribution is 2.36. The molecule has 3 rings (SSSR count). The van der Waals surface area contributed by atoms with Gasteiger partial charge in [-0.1, -0.05) is 6.08 Å². The number of hydrogen-bond donors (Lipinski definition) is 2. The summed E-state index contributed by atoms with van der Waals surface area (Å²) in [5.74, 6) is -0.623. The molecule has 0 radical (unpaired) electrons. The number of carbonyl (C=O) groups is 1. The Morgan fingerprint density at radius 1 is 1.19 bits per heavy atom. The van der Waals surface area contributed by atoms with Gasteiger partial charge in [0.15, 0.2) is 9.90 Å². The number of alkyl halides is 6. The molecule has 32 heavy (non-hydrogen) atoms. The van der Waals surface area contributed by atoms with Gasteiger partial charge < -0.3 is 0 Å². The first-order chi connectivity index (χ1) is 14.9. The molecule has 1 amide bonds.